The highest BCUT2D eigenvalue weighted by atomic mass is 16.2. The van der Waals surface area contributed by atoms with E-state index in [1.807, 2.05) is 18.2 Å². The molecular formula is C24H29N4O2+. The number of fused-ring (bicyclic) bond motifs is 1. The summed E-state index contributed by atoms with van der Waals surface area (Å²) in [6.45, 7) is 5.39. The Morgan fingerprint density at radius 2 is 2.00 bits per heavy atom. The van der Waals surface area contributed by atoms with Gasteiger partial charge in [0.15, 0.2) is 0 Å². The van der Waals surface area contributed by atoms with Crippen molar-refractivity contribution in [2.45, 2.75) is 44.6 Å². The van der Waals surface area contributed by atoms with E-state index in [0.29, 0.717) is 17.9 Å². The van der Waals surface area contributed by atoms with Gasteiger partial charge in [0.1, 0.15) is 5.82 Å². The van der Waals surface area contributed by atoms with E-state index < -0.39 is 5.92 Å². The molecule has 3 heterocycles. The van der Waals surface area contributed by atoms with Crippen molar-refractivity contribution in [3.63, 3.8) is 0 Å². The molecule has 1 fully saturated rings. The number of carbonyl (C=O) groups excluding carboxylic acids is 2. The van der Waals surface area contributed by atoms with E-state index in [9.17, 15) is 9.59 Å². The molecule has 2 aliphatic rings. The summed E-state index contributed by atoms with van der Waals surface area (Å²) in [5.41, 5.74) is 1.25. The summed E-state index contributed by atoms with van der Waals surface area (Å²) in [5.74, 6) is -0.844. The lowest BCUT2D eigenvalue weighted by molar-refractivity contribution is -0.928. The number of anilines is 1. The van der Waals surface area contributed by atoms with Crippen molar-refractivity contribution in [3.8, 4) is 0 Å². The molecule has 6 nitrogen and oxygen atoms in total. The van der Waals surface area contributed by atoms with Crippen molar-refractivity contribution in [2.24, 2.45) is 4.99 Å². The number of amides is 2. The quantitative estimate of drug-likeness (QED) is 0.455. The number of piperidine rings is 1. The minimum absolute atomic E-state index is 0.295. The van der Waals surface area contributed by atoms with E-state index in [4.69, 9.17) is 0 Å². The molecule has 30 heavy (non-hydrogen) atoms. The summed E-state index contributed by atoms with van der Waals surface area (Å²) >= 11 is 0. The zero-order valence-corrected chi connectivity index (χ0v) is 17.5. The predicted octanol–water partition coefficient (Wildman–Crippen LogP) is 2.27. The second kappa shape index (κ2) is 9.30. The molecule has 3 atom stereocenters. The van der Waals surface area contributed by atoms with Gasteiger partial charge in [-0.2, -0.15) is 0 Å². The van der Waals surface area contributed by atoms with Gasteiger partial charge in [-0.15, -0.1) is 0 Å². The second-order valence-corrected chi connectivity index (χ2v) is 8.20. The molecule has 156 valence electrons. The number of imide groups is 1. The third-order valence-corrected chi connectivity index (χ3v) is 6.22. The highest BCUT2D eigenvalue weighted by Crippen LogP contribution is 2.30. The first kappa shape index (κ1) is 20.4. The first-order valence-corrected chi connectivity index (χ1v) is 10.9. The number of hydrogen-bond acceptors (Lipinski definition) is 4. The Balaban J connectivity index is 1.48. The summed E-state index contributed by atoms with van der Waals surface area (Å²) in [7, 11) is 0. The molecule has 6 heteroatoms. The Kier molecular flexibility index (Phi) is 6.33. The molecule has 1 aromatic heterocycles. The Labute approximate surface area is 177 Å². The minimum atomic E-state index is -0.567. The summed E-state index contributed by atoms with van der Waals surface area (Å²) in [6.07, 6.45) is 8.28. The van der Waals surface area contributed by atoms with Gasteiger partial charge >= 0.3 is 0 Å². The van der Waals surface area contributed by atoms with Crippen LogP contribution in [0.15, 0.2) is 53.7 Å². The van der Waals surface area contributed by atoms with Crippen molar-refractivity contribution >= 4 is 23.8 Å². The molecule has 2 aromatic rings. The number of aliphatic imine (C=N–C) groups is 1. The standard InChI is InChI=1S/C24H28N4O2/c1-18-9-5-7-15-27(18)16-8-13-25-17-21-19-10-2-3-11-20(19)23(29)28(24(21)30)22-12-4-6-14-26-22/h2-4,6,10-12,14,17-18,21H,5,7-9,13,15-16H2,1H3/p+1/t18-,21?/m0/s1. The number of benzene rings is 1. The van der Waals surface area contributed by atoms with E-state index in [2.05, 4.69) is 16.9 Å². The fourth-order valence-electron chi connectivity index (χ4n) is 4.50. The molecule has 2 aliphatic heterocycles. The maximum absolute atomic E-state index is 13.2. The van der Waals surface area contributed by atoms with Gasteiger partial charge in [0, 0.05) is 30.9 Å². The number of nitrogens with one attached hydrogen (secondary N) is 1. The van der Waals surface area contributed by atoms with Gasteiger partial charge in [-0.05, 0) is 49.9 Å². The van der Waals surface area contributed by atoms with Crippen LogP contribution in [-0.2, 0) is 4.79 Å². The molecule has 0 spiro atoms. The summed E-state index contributed by atoms with van der Waals surface area (Å²) in [5, 5.41) is 0. The van der Waals surface area contributed by atoms with Gasteiger partial charge in [0.2, 0.25) is 5.91 Å². The SMILES string of the molecule is C[C@H]1CCCC[NH+]1CCCN=CC1C(=O)N(c2ccccn2)C(=O)c2ccccc21. The largest absolute Gasteiger partial charge is 0.333 e. The maximum atomic E-state index is 13.2. The van der Waals surface area contributed by atoms with Crippen LogP contribution in [0.25, 0.3) is 0 Å². The lowest BCUT2D eigenvalue weighted by Crippen LogP contribution is -3.16. The predicted molar refractivity (Wildman–Crippen MR) is 117 cm³/mol. The molecule has 0 bridgehead atoms. The fourth-order valence-corrected chi connectivity index (χ4v) is 4.50. The minimum Gasteiger partial charge on any atom is -0.333 e. The number of rotatable bonds is 6. The molecule has 2 amide bonds. The molecular weight excluding hydrogens is 376 g/mol. The van der Waals surface area contributed by atoms with Gasteiger partial charge in [-0.1, -0.05) is 24.3 Å². The number of carbonyl (C=O) groups is 2. The summed E-state index contributed by atoms with van der Waals surface area (Å²) in [4.78, 5) is 37.8. The lowest BCUT2D eigenvalue weighted by atomic mass is 9.89. The zero-order valence-electron chi connectivity index (χ0n) is 17.5. The highest BCUT2D eigenvalue weighted by Gasteiger charge is 2.39. The third kappa shape index (κ3) is 4.19. The van der Waals surface area contributed by atoms with Crippen LogP contribution in [0.3, 0.4) is 0 Å². The number of likely N-dealkylation sites (tertiary alicyclic amines) is 1. The van der Waals surface area contributed by atoms with Gasteiger partial charge in [-0.25, -0.2) is 9.88 Å². The van der Waals surface area contributed by atoms with E-state index in [1.54, 1.807) is 41.6 Å². The number of quaternary nitrogens is 1. The van der Waals surface area contributed by atoms with Crippen LogP contribution < -0.4 is 9.80 Å². The Morgan fingerprint density at radius 1 is 1.17 bits per heavy atom. The van der Waals surface area contributed by atoms with Gasteiger partial charge < -0.3 is 4.90 Å². The summed E-state index contributed by atoms with van der Waals surface area (Å²) in [6, 6.07) is 13.2. The first-order valence-electron chi connectivity index (χ1n) is 10.9. The van der Waals surface area contributed by atoms with Crippen molar-refractivity contribution < 1.29 is 14.5 Å². The molecule has 1 saturated heterocycles. The Hall–Kier alpha value is -2.86. The second-order valence-electron chi connectivity index (χ2n) is 8.20. The number of nitrogens with zero attached hydrogens (tertiary/aromatic N) is 3. The molecule has 1 aromatic carbocycles. The Bertz CT molecular complexity index is 928. The average molecular weight is 406 g/mol. The highest BCUT2D eigenvalue weighted by molar-refractivity contribution is 6.28. The zero-order chi connectivity index (χ0) is 20.9. The van der Waals surface area contributed by atoms with Crippen LogP contribution in [0, 0.1) is 0 Å². The number of pyridine rings is 1. The van der Waals surface area contributed by atoms with Gasteiger partial charge in [-0.3, -0.25) is 14.6 Å². The topological polar surface area (TPSA) is 67.1 Å². The fraction of sp³-hybridized carbons (Fsp3) is 0.417. The van der Waals surface area contributed by atoms with Crippen molar-refractivity contribution in [2.75, 3.05) is 24.5 Å². The van der Waals surface area contributed by atoms with Crippen LogP contribution in [0.4, 0.5) is 5.82 Å². The van der Waals surface area contributed by atoms with E-state index in [0.717, 1.165) is 24.6 Å². The van der Waals surface area contributed by atoms with Crippen molar-refractivity contribution in [1.29, 1.82) is 0 Å². The molecule has 0 saturated carbocycles. The van der Waals surface area contributed by atoms with Crippen molar-refractivity contribution in [3.05, 3.63) is 59.8 Å². The van der Waals surface area contributed by atoms with E-state index in [1.165, 1.54) is 30.7 Å². The maximum Gasteiger partial charge on any atom is 0.266 e. The number of hydrogen-bond donors (Lipinski definition) is 1. The van der Waals surface area contributed by atoms with Crippen LogP contribution >= 0.6 is 0 Å². The molecule has 1 N–H and O–H groups in total. The van der Waals surface area contributed by atoms with E-state index >= 15 is 0 Å². The smallest absolute Gasteiger partial charge is 0.266 e. The average Bonchev–Trinajstić information content (AvgIpc) is 2.77. The van der Waals surface area contributed by atoms with E-state index in [-0.39, 0.29) is 11.8 Å². The third-order valence-electron chi connectivity index (χ3n) is 6.22. The molecule has 2 unspecified atom stereocenters. The lowest BCUT2D eigenvalue weighted by Gasteiger charge is -2.30. The summed E-state index contributed by atoms with van der Waals surface area (Å²) < 4.78 is 0. The first-order chi connectivity index (χ1) is 14.7. The normalized spacial score (nSPS) is 24.3. The number of aromatic nitrogens is 1. The molecule has 0 aliphatic carbocycles. The van der Waals surface area contributed by atoms with Crippen LogP contribution in [0.5, 0.6) is 0 Å². The molecule has 4 rings (SSSR count). The van der Waals surface area contributed by atoms with Crippen LogP contribution in [0.2, 0.25) is 0 Å². The van der Waals surface area contributed by atoms with Crippen LogP contribution in [0.1, 0.15) is 54.4 Å². The van der Waals surface area contributed by atoms with Gasteiger partial charge in [0.05, 0.1) is 25.0 Å². The van der Waals surface area contributed by atoms with Crippen molar-refractivity contribution in [1.82, 2.24) is 4.98 Å². The molecule has 0 radical (unpaired) electrons. The Morgan fingerprint density at radius 3 is 2.80 bits per heavy atom. The van der Waals surface area contributed by atoms with Gasteiger partial charge in [0.25, 0.3) is 5.91 Å². The van der Waals surface area contributed by atoms with Crippen LogP contribution in [-0.4, -0.2) is 48.7 Å². The monoisotopic (exact) mass is 405 g/mol.